The lowest BCUT2D eigenvalue weighted by atomic mass is 9.86. The number of carbonyl (C=O) groups is 2. The van der Waals surface area contributed by atoms with Crippen LogP contribution in [-0.2, 0) is 10.3 Å². The summed E-state index contributed by atoms with van der Waals surface area (Å²) < 4.78 is 7.62. The first-order valence-corrected chi connectivity index (χ1v) is 13.8. The largest absolute Gasteiger partial charge is 0.480 e. The van der Waals surface area contributed by atoms with Crippen molar-refractivity contribution in [3.63, 3.8) is 0 Å². The van der Waals surface area contributed by atoms with Gasteiger partial charge in [0, 0.05) is 41.4 Å². The third-order valence-corrected chi connectivity index (χ3v) is 8.08. The number of halogens is 2. The molecule has 4 heterocycles. The molecule has 0 aliphatic carbocycles. The molecule has 210 valence electrons. The fourth-order valence-corrected chi connectivity index (χ4v) is 6.17. The summed E-state index contributed by atoms with van der Waals surface area (Å²) in [5, 5.41) is 3.90. The molecule has 2 aliphatic heterocycles. The normalized spacial score (nSPS) is 17.3. The highest BCUT2D eigenvalue weighted by molar-refractivity contribution is 6.32. The molecule has 2 aliphatic rings. The number of aryl methyl sites for hydroxylation is 1. The molecule has 2 amide bonds. The van der Waals surface area contributed by atoms with Crippen LogP contribution in [0.4, 0.5) is 17.2 Å². The molecule has 6 rings (SSSR count). The first kappa shape index (κ1) is 27.1. The number of methoxy groups -OCH3 is 1. The van der Waals surface area contributed by atoms with Crippen LogP contribution in [0, 0.1) is 6.92 Å². The van der Waals surface area contributed by atoms with Gasteiger partial charge < -0.3 is 19.5 Å². The maximum absolute atomic E-state index is 14.5. The Balaban J connectivity index is 1.72. The Bertz CT molecular complexity index is 1770. The molecule has 1 N–H and O–H groups in total. The zero-order chi connectivity index (χ0) is 29.4. The zero-order valence-corrected chi connectivity index (χ0v) is 24.9. The Morgan fingerprint density at radius 1 is 1.00 bits per heavy atom. The highest BCUT2D eigenvalue weighted by Crippen LogP contribution is 2.55. The second-order valence-electron chi connectivity index (χ2n) is 10.6. The van der Waals surface area contributed by atoms with Gasteiger partial charge in [-0.2, -0.15) is 4.98 Å². The Morgan fingerprint density at radius 3 is 2.39 bits per heavy atom. The summed E-state index contributed by atoms with van der Waals surface area (Å²) in [6.07, 6.45) is 0. The van der Waals surface area contributed by atoms with E-state index in [0.717, 1.165) is 5.56 Å². The standard InChI is InChI=1S/C30H28Cl2N6O3/c1-15(2)37-25-24(35-26(37)19-10-12-23(36(4)5)34-27(19)41-6)28(39)38(22-14-18(32)8-7-16(22)3)30(25)20-11-9-17(31)13-21(20)33-29(30)40/h7-15H,1-6H3,(H,33,40)/t30-/m0/s1. The summed E-state index contributed by atoms with van der Waals surface area (Å²) in [6.45, 7) is 5.85. The number of ether oxygens (including phenoxy) is 1. The summed E-state index contributed by atoms with van der Waals surface area (Å²) >= 11 is 12.8. The highest BCUT2D eigenvalue weighted by atomic mass is 35.5. The van der Waals surface area contributed by atoms with Gasteiger partial charge in [0.15, 0.2) is 11.2 Å². The third-order valence-electron chi connectivity index (χ3n) is 7.61. The minimum Gasteiger partial charge on any atom is -0.480 e. The van der Waals surface area contributed by atoms with Gasteiger partial charge in [-0.05, 0) is 62.7 Å². The van der Waals surface area contributed by atoms with Crippen molar-refractivity contribution < 1.29 is 14.3 Å². The SMILES string of the molecule is COc1nc(N(C)C)ccc1-c1nc2c(n1C(C)C)[C@@]1(C(=O)Nc3cc(Cl)ccc31)N(c1cc(Cl)ccc1C)C2=O. The number of anilines is 3. The van der Waals surface area contributed by atoms with Crippen LogP contribution in [-0.4, -0.2) is 47.6 Å². The Kier molecular flexibility index (Phi) is 6.28. The van der Waals surface area contributed by atoms with Crippen molar-refractivity contribution in [3.8, 4) is 17.3 Å². The predicted octanol–water partition coefficient (Wildman–Crippen LogP) is 6.07. The van der Waals surface area contributed by atoms with Gasteiger partial charge in [0.25, 0.3) is 11.8 Å². The molecule has 0 fully saturated rings. The van der Waals surface area contributed by atoms with Crippen LogP contribution in [0.5, 0.6) is 5.88 Å². The van der Waals surface area contributed by atoms with Crippen LogP contribution in [0.1, 0.15) is 47.2 Å². The average molecular weight is 591 g/mol. The minimum atomic E-state index is -1.57. The molecule has 0 saturated heterocycles. The first-order chi connectivity index (χ1) is 19.5. The van der Waals surface area contributed by atoms with Gasteiger partial charge in [-0.15, -0.1) is 0 Å². The van der Waals surface area contributed by atoms with Crippen LogP contribution < -0.4 is 19.9 Å². The Hall–Kier alpha value is -4.08. The molecule has 41 heavy (non-hydrogen) atoms. The number of carbonyl (C=O) groups excluding carboxylic acids is 2. The molecule has 4 aromatic rings. The topological polar surface area (TPSA) is 92.6 Å². The van der Waals surface area contributed by atoms with E-state index in [1.54, 1.807) is 37.4 Å². The maximum Gasteiger partial charge on any atom is 0.280 e. The summed E-state index contributed by atoms with van der Waals surface area (Å²) in [6, 6.07) is 14.0. The molecule has 0 unspecified atom stereocenters. The predicted molar refractivity (Wildman–Crippen MR) is 161 cm³/mol. The van der Waals surface area contributed by atoms with Crippen molar-refractivity contribution >= 4 is 52.2 Å². The van der Waals surface area contributed by atoms with Crippen molar-refractivity contribution in [3.05, 3.63) is 81.1 Å². The number of nitrogens with one attached hydrogen (secondary N) is 1. The van der Waals surface area contributed by atoms with E-state index in [9.17, 15) is 9.59 Å². The monoisotopic (exact) mass is 590 g/mol. The molecule has 0 bridgehead atoms. The number of aromatic nitrogens is 3. The molecule has 0 radical (unpaired) electrons. The van der Waals surface area contributed by atoms with Gasteiger partial charge in [-0.3, -0.25) is 14.5 Å². The van der Waals surface area contributed by atoms with Gasteiger partial charge in [0.2, 0.25) is 5.88 Å². The summed E-state index contributed by atoms with van der Waals surface area (Å²) in [5.74, 6) is 0.735. The molecule has 0 saturated carbocycles. The number of rotatable bonds is 5. The van der Waals surface area contributed by atoms with Crippen molar-refractivity contribution in [1.29, 1.82) is 0 Å². The van der Waals surface area contributed by atoms with Gasteiger partial charge >= 0.3 is 0 Å². The van der Waals surface area contributed by atoms with E-state index in [-0.39, 0.29) is 17.6 Å². The van der Waals surface area contributed by atoms with Gasteiger partial charge in [0.1, 0.15) is 11.6 Å². The molecule has 11 heteroatoms. The molecular weight excluding hydrogens is 563 g/mol. The number of pyridine rings is 1. The number of benzene rings is 2. The number of amides is 2. The fourth-order valence-electron chi connectivity index (χ4n) is 5.83. The minimum absolute atomic E-state index is 0.171. The lowest BCUT2D eigenvalue weighted by Gasteiger charge is -2.36. The molecule has 1 atom stereocenters. The van der Waals surface area contributed by atoms with Crippen molar-refractivity contribution in [2.75, 3.05) is 36.3 Å². The van der Waals surface area contributed by atoms with Crippen LogP contribution >= 0.6 is 23.2 Å². The summed E-state index contributed by atoms with van der Waals surface area (Å²) in [4.78, 5) is 41.8. The Labute approximate surface area is 247 Å². The second kappa shape index (κ2) is 9.49. The smallest absolute Gasteiger partial charge is 0.280 e. The highest BCUT2D eigenvalue weighted by Gasteiger charge is 2.64. The van der Waals surface area contributed by atoms with Crippen LogP contribution in [0.25, 0.3) is 11.4 Å². The summed E-state index contributed by atoms with van der Waals surface area (Å²) in [7, 11) is 5.33. The van der Waals surface area contributed by atoms with Crippen molar-refractivity contribution in [2.24, 2.45) is 0 Å². The number of hydrogen-bond donors (Lipinski definition) is 1. The molecule has 9 nitrogen and oxygen atoms in total. The van der Waals surface area contributed by atoms with Crippen LogP contribution in [0.3, 0.4) is 0 Å². The van der Waals surface area contributed by atoms with Crippen molar-refractivity contribution in [1.82, 2.24) is 14.5 Å². The fraction of sp³-hybridized carbons (Fsp3) is 0.267. The van der Waals surface area contributed by atoms with Gasteiger partial charge in [-0.1, -0.05) is 35.3 Å². The van der Waals surface area contributed by atoms with E-state index < -0.39 is 11.4 Å². The number of hydrogen-bond acceptors (Lipinski definition) is 6. The maximum atomic E-state index is 14.5. The van der Waals surface area contributed by atoms with E-state index in [1.165, 1.54) is 4.90 Å². The van der Waals surface area contributed by atoms with E-state index in [0.29, 0.717) is 55.8 Å². The summed E-state index contributed by atoms with van der Waals surface area (Å²) in [5.41, 5.74) is 2.09. The van der Waals surface area contributed by atoms with E-state index in [4.69, 9.17) is 32.9 Å². The molecule has 2 aromatic carbocycles. The van der Waals surface area contributed by atoms with Crippen LogP contribution in [0.15, 0.2) is 48.5 Å². The number of nitrogens with zero attached hydrogens (tertiary/aromatic N) is 5. The third kappa shape index (κ3) is 3.75. The molecule has 1 spiro atoms. The lowest BCUT2D eigenvalue weighted by Crippen LogP contribution is -2.51. The molecular formula is C30H28Cl2N6O3. The van der Waals surface area contributed by atoms with E-state index in [2.05, 4.69) is 10.3 Å². The number of imidazole rings is 1. The number of fused-ring (bicyclic) bond motifs is 4. The first-order valence-electron chi connectivity index (χ1n) is 13.1. The average Bonchev–Trinajstić information content (AvgIpc) is 3.53. The van der Waals surface area contributed by atoms with E-state index >= 15 is 0 Å². The van der Waals surface area contributed by atoms with Crippen molar-refractivity contribution in [2.45, 2.75) is 32.4 Å². The molecule has 2 aromatic heterocycles. The van der Waals surface area contributed by atoms with Gasteiger partial charge in [-0.25, -0.2) is 4.98 Å². The zero-order valence-electron chi connectivity index (χ0n) is 23.4. The lowest BCUT2D eigenvalue weighted by molar-refractivity contribution is -0.119. The van der Waals surface area contributed by atoms with E-state index in [1.807, 2.05) is 62.5 Å². The quantitative estimate of drug-likeness (QED) is 0.303. The second-order valence-corrected chi connectivity index (χ2v) is 11.5. The van der Waals surface area contributed by atoms with Gasteiger partial charge in [0.05, 0.1) is 24.1 Å². The van der Waals surface area contributed by atoms with Crippen LogP contribution in [0.2, 0.25) is 10.0 Å². The Morgan fingerprint density at radius 2 is 1.71 bits per heavy atom.